The average Bonchev–Trinajstić information content (AvgIpc) is 2.70. The molecule has 98 valence electrons. The number of ether oxygens (including phenoxy) is 1. The van der Waals surface area contributed by atoms with Gasteiger partial charge in [0, 0.05) is 9.75 Å². The van der Waals surface area contributed by atoms with Gasteiger partial charge in [-0.2, -0.15) is 0 Å². The fourth-order valence-electron chi connectivity index (χ4n) is 2.84. The Morgan fingerprint density at radius 2 is 2.00 bits per heavy atom. The Labute approximate surface area is 113 Å². The van der Waals surface area contributed by atoms with E-state index >= 15 is 0 Å². The van der Waals surface area contributed by atoms with Crippen molar-refractivity contribution in [2.24, 2.45) is 5.73 Å². The highest BCUT2D eigenvalue weighted by molar-refractivity contribution is 7.12. The lowest BCUT2D eigenvalue weighted by Crippen LogP contribution is -2.15. The molecule has 18 heavy (non-hydrogen) atoms. The molecule has 2 nitrogen and oxygen atoms in total. The summed E-state index contributed by atoms with van der Waals surface area (Å²) in [5.41, 5.74) is 9.20. The standard InChI is InChI=1S/C15H21NOS/c16-15(12-6-4-8-17-10-12)14-9-11-5-2-1-3-7-13(11)18-14/h9-10,15H,1-8,16H2. The lowest BCUT2D eigenvalue weighted by molar-refractivity contribution is 0.221. The maximum atomic E-state index is 6.38. The van der Waals surface area contributed by atoms with Crippen LogP contribution in [0.3, 0.4) is 0 Å². The van der Waals surface area contributed by atoms with Crippen LogP contribution in [0, 0.1) is 0 Å². The van der Waals surface area contributed by atoms with E-state index in [9.17, 15) is 0 Å². The highest BCUT2D eigenvalue weighted by Crippen LogP contribution is 2.35. The Morgan fingerprint density at radius 1 is 1.11 bits per heavy atom. The molecule has 0 saturated heterocycles. The first-order valence-corrected chi connectivity index (χ1v) is 7.84. The van der Waals surface area contributed by atoms with Gasteiger partial charge in [-0.05, 0) is 55.7 Å². The Hall–Kier alpha value is -0.800. The quantitative estimate of drug-likeness (QED) is 0.826. The number of hydrogen-bond acceptors (Lipinski definition) is 3. The molecule has 0 spiro atoms. The zero-order chi connectivity index (χ0) is 12.4. The zero-order valence-electron chi connectivity index (χ0n) is 10.8. The summed E-state index contributed by atoms with van der Waals surface area (Å²) in [5.74, 6) is 0. The molecule has 3 rings (SSSR count). The summed E-state index contributed by atoms with van der Waals surface area (Å²) >= 11 is 1.93. The Kier molecular flexibility index (Phi) is 3.71. The van der Waals surface area contributed by atoms with Gasteiger partial charge in [-0.25, -0.2) is 0 Å². The zero-order valence-corrected chi connectivity index (χ0v) is 11.6. The smallest absolute Gasteiger partial charge is 0.0876 e. The summed E-state index contributed by atoms with van der Waals surface area (Å²) in [6, 6.07) is 2.41. The maximum Gasteiger partial charge on any atom is 0.0876 e. The van der Waals surface area contributed by atoms with Gasteiger partial charge in [0.05, 0.1) is 18.9 Å². The monoisotopic (exact) mass is 263 g/mol. The average molecular weight is 263 g/mol. The van der Waals surface area contributed by atoms with Crippen molar-refractivity contribution >= 4 is 11.3 Å². The van der Waals surface area contributed by atoms with Crippen LogP contribution in [-0.2, 0) is 17.6 Å². The van der Waals surface area contributed by atoms with Crippen LogP contribution >= 0.6 is 11.3 Å². The van der Waals surface area contributed by atoms with Crippen molar-refractivity contribution in [2.75, 3.05) is 6.61 Å². The second kappa shape index (κ2) is 5.45. The summed E-state index contributed by atoms with van der Waals surface area (Å²) in [6.45, 7) is 0.844. The molecule has 0 fully saturated rings. The molecule has 3 heteroatoms. The minimum Gasteiger partial charge on any atom is -0.501 e. The number of nitrogens with two attached hydrogens (primary N) is 1. The Bertz CT molecular complexity index is 426. The molecule has 0 saturated carbocycles. The summed E-state index contributed by atoms with van der Waals surface area (Å²) in [5, 5.41) is 0. The van der Waals surface area contributed by atoms with Gasteiger partial charge in [-0.3, -0.25) is 0 Å². The normalized spacial score (nSPS) is 21.5. The van der Waals surface area contributed by atoms with Crippen LogP contribution < -0.4 is 5.73 Å². The van der Waals surface area contributed by atoms with E-state index in [1.807, 2.05) is 17.6 Å². The van der Waals surface area contributed by atoms with Crippen LogP contribution in [0.4, 0.5) is 0 Å². The molecule has 1 unspecified atom stereocenters. The third-order valence-corrected chi connectivity index (χ3v) is 5.25. The van der Waals surface area contributed by atoms with Crippen LogP contribution in [0.25, 0.3) is 0 Å². The Balaban J connectivity index is 1.81. The van der Waals surface area contributed by atoms with Crippen LogP contribution in [0.5, 0.6) is 0 Å². The van der Waals surface area contributed by atoms with Gasteiger partial charge in [0.1, 0.15) is 0 Å². The van der Waals surface area contributed by atoms with E-state index in [0.717, 1.165) is 19.4 Å². The summed E-state index contributed by atoms with van der Waals surface area (Å²) in [4.78, 5) is 2.91. The van der Waals surface area contributed by atoms with Crippen LogP contribution in [0.15, 0.2) is 17.9 Å². The van der Waals surface area contributed by atoms with Crippen molar-refractivity contribution in [2.45, 2.75) is 51.0 Å². The van der Waals surface area contributed by atoms with Crippen molar-refractivity contribution in [3.05, 3.63) is 33.2 Å². The summed E-state index contributed by atoms with van der Waals surface area (Å²) in [6.07, 6.45) is 10.6. The second-order valence-electron chi connectivity index (χ2n) is 5.30. The first-order chi connectivity index (χ1) is 8.84. The first kappa shape index (κ1) is 12.2. The molecule has 2 heterocycles. The van der Waals surface area contributed by atoms with Crippen molar-refractivity contribution in [1.82, 2.24) is 0 Å². The minimum absolute atomic E-state index is 0.0576. The van der Waals surface area contributed by atoms with E-state index in [1.165, 1.54) is 42.6 Å². The molecular formula is C15H21NOS. The minimum atomic E-state index is 0.0576. The van der Waals surface area contributed by atoms with Crippen LogP contribution in [0.1, 0.15) is 53.5 Å². The van der Waals surface area contributed by atoms with Gasteiger partial charge in [-0.1, -0.05) is 6.42 Å². The van der Waals surface area contributed by atoms with Crippen molar-refractivity contribution in [3.63, 3.8) is 0 Å². The van der Waals surface area contributed by atoms with Crippen LogP contribution in [0.2, 0.25) is 0 Å². The topological polar surface area (TPSA) is 35.2 Å². The lowest BCUT2D eigenvalue weighted by Gasteiger charge is -2.18. The van der Waals surface area contributed by atoms with Gasteiger partial charge in [0.2, 0.25) is 0 Å². The van der Waals surface area contributed by atoms with E-state index in [2.05, 4.69) is 6.07 Å². The largest absolute Gasteiger partial charge is 0.501 e. The van der Waals surface area contributed by atoms with Crippen molar-refractivity contribution in [3.8, 4) is 0 Å². The van der Waals surface area contributed by atoms with E-state index < -0.39 is 0 Å². The second-order valence-corrected chi connectivity index (χ2v) is 6.47. The fourth-order valence-corrected chi connectivity index (χ4v) is 4.14. The third kappa shape index (κ3) is 2.47. The van der Waals surface area contributed by atoms with Crippen molar-refractivity contribution in [1.29, 1.82) is 0 Å². The first-order valence-electron chi connectivity index (χ1n) is 7.02. The summed E-state index contributed by atoms with van der Waals surface area (Å²) in [7, 11) is 0. The van der Waals surface area contributed by atoms with Gasteiger partial charge >= 0.3 is 0 Å². The van der Waals surface area contributed by atoms with Crippen LogP contribution in [-0.4, -0.2) is 6.61 Å². The van der Waals surface area contributed by atoms with Gasteiger partial charge in [0.15, 0.2) is 0 Å². The molecule has 1 atom stereocenters. The van der Waals surface area contributed by atoms with E-state index in [1.54, 1.807) is 10.4 Å². The molecule has 2 N–H and O–H groups in total. The molecular weight excluding hydrogens is 242 g/mol. The number of aryl methyl sites for hydroxylation is 2. The van der Waals surface area contributed by atoms with E-state index in [4.69, 9.17) is 10.5 Å². The molecule has 1 aliphatic heterocycles. The van der Waals surface area contributed by atoms with Gasteiger partial charge < -0.3 is 10.5 Å². The lowest BCUT2D eigenvalue weighted by atomic mass is 10.0. The fraction of sp³-hybridized carbons (Fsp3) is 0.600. The summed E-state index contributed by atoms with van der Waals surface area (Å²) < 4.78 is 5.41. The van der Waals surface area contributed by atoms with E-state index in [-0.39, 0.29) is 6.04 Å². The molecule has 2 aliphatic rings. The number of rotatable bonds is 2. The SMILES string of the molecule is NC(C1=COCCC1)c1cc2c(s1)CCCCC2. The predicted octanol–water partition coefficient (Wildman–Crippen LogP) is 3.71. The van der Waals surface area contributed by atoms with Gasteiger partial charge in [-0.15, -0.1) is 11.3 Å². The molecule has 0 amide bonds. The predicted molar refractivity (Wildman–Crippen MR) is 75.8 cm³/mol. The highest BCUT2D eigenvalue weighted by Gasteiger charge is 2.20. The van der Waals surface area contributed by atoms with Gasteiger partial charge in [0.25, 0.3) is 0 Å². The number of hydrogen-bond donors (Lipinski definition) is 1. The third-order valence-electron chi connectivity index (χ3n) is 3.93. The molecule has 0 bridgehead atoms. The van der Waals surface area contributed by atoms with E-state index in [0.29, 0.717) is 0 Å². The molecule has 0 aromatic carbocycles. The molecule has 1 aromatic rings. The number of fused-ring (bicyclic) bond motifs is 1. The molecule has 1 aliphatic carbocycles. The number of thiophene rings is 1. The van der Waals surface area contributed by atoms with Crippen molar-refractivity contribution < 1.29 is 4.74 Å². The molecule has 1 aromatic heterocycles. The highest BCUT2D eigenvalue weighted by atomic mass is 32.1. The molecule has 0 radical (unpaired) electrons. The maximum absolute atomic E-state index is 6.38. The Morgan fingerprint density at radius 3 is 2.83 bits per heavy atom.